The van der Waals surface area contributed by atoms with E-state index in [2.05, 4.69) is 5.10 Å². The van der Waals surface area contributed by atoms with E-state index < -0.39 is 16.4 Å². The number of ether oxygens (including phenoxy) is 1. The normalized spacial score (nSPS) is 25.3. The highest BCUT2D eigenvalue weighted by Crippen LogP contribution is 2.52. The van der Waals surface area contributed by atoms with Gasteiger partial charge in [-0.25, -0.2) is 4.39 Å². The van der Waals surface area contributed by atoms with Crippen LogP contribution in [-0.2, 0) is 16.2 Å². The number of nitrogens with zero attached hydrogens (tertiary/aromatic N) is 3. The first-order chi connectivity index (χ1) is 15.8. The molecule has 1 aliphatic heterocycles. The summed E-state index contributed by atoms with van der Waals surface area (Å²) in [7, 11) is 0. The molecule has 168 valence electrons. The molecule has 2 aromatic rings. The topological polar surface area (TPSA) is 102 Å². The molecule has 33 heavy (non-hydrogen) atoms. The van der Waals surface area contributed by atoms with Gasteiger partial charge in [0.2, 0.25) is 5.75 Å². The Morgan fingerprint density at radius 1 is 1.15 bits per heavy atom. The minimum Gasteiger partial charge on any atom is -0.481 e. The minimum absolute atomic E-state index is 0.0362. The molecule has 4 atom stereocenters. The number of carbonyl (C=O) groups excluding carboxylic acids is 2. The lowest BCUT2D eigenvalue weighted by atomic mass is 9.85. The van der Waals surface area contributed by atoms with Crippen LogP contribution in [0, 0.1) is 39.6 Å². The molecule has 5 rings (SSSR count). The van der Waals surface area contributed by atoms with Gasteiger partial charge in [0, 0.05) is 11.6 Å². The number of nitro groups is 1. The standard InChI is InChI=1S/C23H17ClFN3O5/c24-17-7-13(8-18(28(31)32)21(17)33-11-12-1-5-16(25)6-2-12)10-26-27-22(29)19-14-3-4-15(9-14)20(19)23(27)30/h1-8,10,14-15,19-20H,9,11H2. The van der Waals surface area contributed by atoms with Gasteiger partial charge in [-0.3, -0.25) is 19.7 Å². The van der Waals surface area contributed by atoms with Crippen LogP contribution in [0.4, 0.5) is 10.1 Å². The molecule has 0 N–H and O–H groups in total. The smallest absolute Gasteiger partial charge is 0.313 e. The number of amides is 2. The lowest BCUT2D eigenvalue weighted by molar-refractivity contribution is -0.385. The summed E-state index contributed by atoms with van der Waals surface area (Å²) in [5.41, 5.74) is 0.441. The largest absolute Gasteiger partial charge is 0.481 e. The zero-order chi connectivity index (χ0) is 23.3. The van der Waals surface area contributed by atoms with Crippen molar-refractivity contribution in [3.05, 3.63) is 80.6 Å². The number of halogens is 2. The molecule has 0 radical (unpaired) electrons. The maximum Gasteiger partial charge on any atom is 0.313 e. The Kier molecular flexibility index (Phi) is 5.20. The van der Waals surface area contributed by atoms with Gasteiger partial charge in [0.1, 0.15) is 12.4 Å². The average molecular weight is 470 g/mol. The minimum atomic E-state index is -0.650. The Hall–Kier alpha value is -3.59. The molecule has 3 aliphatic rings. The van der Waals surface area contributed by atoms with Gasteiger partial charge < -0.3 is 4.74 Å². The van der Waals surface area contributed by atoms with Gasteiger partial charge in [0.05, 0.1) is 28.0 Å². The van der Waals surface area contributed by atoms with E-state index in [-0.39, 0.29) is 58.4 Å². The van der Waals surface area contributed by atoms with E-state index >= 15 is 0 Å². The molecule has 2 amide bonds. The molecule has 4 unspecified atom stereocenters. The first-order valence-corrected chi connectivity index (χ1v) is 10.7. The van der Waals surface area contributed by atoms with Gasteiger partial charge >= 0.3 is 5.69 Å². The van der Waals surface area contributed by atoms with Crippen molar-refractivity contribution in [1.29, 1.82) is 0 Å². The molecule has 1 heterocycles. The molecule has 0 aromatic heterocycles. The second kappa shape index (κ2) is 8.08. The van der Waals surface area contributed by atoms with Crippen LogP contribution in [0.5, 0.6) is 5.75 Å². The predicted octanol–water partition coefficient (Wildman–Crippen LogP) is 4.11. The summed E-state index contributed by atoms with van der Waals surface area (Å²) in [5.74, 6) is -1.90. The van der Waals surface area contributed by atoms with Crippen LogP contribution in [0.15, 0.2) is 53.7 Å². The monoisotopic (exact) mass is 469 g/mol. The van der Waals surface area contributed by atoms with Crippen LogP contribution >= 0.6 is 11.6 Å². The van der Waals surface area contributed by atoms with E-state index in [9.17, 15) is 24.1 Å². The second-order valence-corrected chi connectivity index (χ2v) is 8.66. The summed E-state index contributed by atoms with van der Waals surface area (Å²) < 4.78 is 18.6. The number of hydrazone groups is 1. The van der Waals surface area contributed by atoms with Crippen LogP contribution in [0.25, 0.3) is 0 Å². The van der Waals surface area contributed by atoms with E-state index in [1.54, 1.807) is 0 Å². The highest BCUT2D eigenvalue weighted by molar-refractivity contribution is 6.32. The summed E-state index contributed by atoms with van der Waals surface area (Å²) in [6.45, 7) is -0.0514. The van der Waals surface area contributed by atoms with Crippen molar-refractivity contribution in [2.75, 3.05) is 0 Å². The predicted molar refractivity (Wildman–Crippen MR) is 116 cm³/mol. The fraction of sp³-hybridized carbons (Fsp3) is 0.261. The fourth-order valence-electron chi connectivity index (χ4n) is 4.81. The molecule has 2 aliphatic carbocycles. The first-order valence-electron chi connectivity index (χ1n) is 10.3. The van der Waals surface area contributed by atoms with Gasteiger partial charge in [-0.05, 0) is 42.0 Å². The molecule has 10 heteroatoms. The van der Waals surface area contributed by atoms with Crippen molar-refractivity contribution < 1.29 is 23.6 Å². The van der Waals surface area contributed by atoms with Crippen LogP contribution in [0.1, 0.15) is 17.5 Å². The zero-order valence-electron chi connectivity index (χ0n) is 17.1. The van der Waals surface area contributed by atoms with Gasteiger partial charge in [0.25, 0.3) is 11.8 Å². The van der Waals surface area contributed by atoms with E-state index in [0.717, 1.165) is 11.4 Å². The third-order valence-electron chi connectivity index (χ3n) is 6.31. The number of fused-ring (bicyclic) bond motifs is 5. The number of nitro benzene ring substituents is 1. The van der Waals surface area contributed by atoms with Gasteiger partial charge in [0.15, 0.2) is 0 Å². The molecule has 2 fully saturated rings. The molecule has 1 saturated carbocycles. The fourth-order valence-corrected chi connectivity index (χ4v) is 5.09. The van der Waals surface area contributed by atoms with E-state index in [1.807, 2.05) is 12.2 Å². The third kappa shape index (κ3) is 3.68. The molecule has 8 nitrogen and oxygen atoms in total. The van der Waals surface area contributed by atoms with Crippen molar-refractivity contribution in [1.82, 2.24) is 5.01 Å². The van der Waals surface area contributed by atoms with E-state index in [1.165, 1.54) is 42.6 Å². The number of allylic oxidation sites excluding steroid dienone is 2. The summed E-state index contributed by atoms with van der Waals surface area (Å²) >= 11 is 6.24. The van der Waals surface area contributed by atoms with Crippen molar-refractivity contribution in [3.8, 4) is 5.75 Å². The lowest BCUT2D eigenvalue weighted by Gasteiger charge is -2.13. The lowest BCUT2D eigenvalue weighted by Crippen LogP contribution is -2.28. The second-order valence-electron chi connectivity index (χ2n) is 8.26. The molecule has 1 saturated heterocycles. The number of rotatable bonds is 6. The Bertz CT molecular complexity index is 1200. The van der Waals surface area contributed by atoms with E-state index in [4.69, 9.17) is 16.3 Å². The number of hydrogen-bond acceptors (Lipinski definition) is 6. The Balaban J connectivity index is 1.36. The Morgan fingerprint density at radius 3 is 2.39 bits per heavy atom. The highest BCUT2D eigenvalue weighted by atomic mass is 35.5. The van der Waals surface area contributed by atoms with Crippen LogP contribution in [0.3, 0.4) is 0 Å². The zero-order valence-corrected chi connectivity index (χ0v) is 17.8. The van der Waals surface area contributed by atoms with Crippen LogP contribution < -0.4 is 4.74 Å². The molecule has 2 aromatic carbocycles. The molecular weight excluding hydrogens is 453 g/mol. The highest BCUT2D eigenvalue weighted by Gasteiger charge is 2.59. The van der Waals surface area contributed by atoms with Crippen molar-refractivity contribution >= 4 is 35.3 Å². The van der Waals surface area contributed by atoms with E-state index in [0.29, 0.717) is 5.56 Å². The summed E-state index contributed by atoms with van der Waals surface area (Å²) in [6.07, 6.45) is 5.98. The summed E-state index contributed by atoms with van der Waals surface area (Å²) in [6, 6.07) is 8.10. The van der Waals surface area contributed by atoms with Crippen molar-refractivity contribution in [3.63, 3.8) is 0 Å². The maximum atomic E-state index is 13.1. The number of imide groups is 1. The number of hydrogen-bond donors (Lipinski definition) is 0. The summed E-state index contributed by atoms with van der Waals surface area (Å²) in [5, 5.41) is 16.5. The SMILES string of the molecule is O=C1C2C3C=CC(C3)C2C(=O)N1N=Cc1cc(Cl)c(OCc2ccc(F)cc2)c([N+](=O)[O-])c1. The van der Waals surface area contributed by atoms with Gasteiger partial charge in [-0.1, -0.05) is 35.9 Å². The third-order valence-corrected chi connectivity index (χ3v) is 6.59. The quantitative estimate of drug-likeness (QED) is 0.208. The number of carbonyl (C=O) groups is 2. The Labute approximate surface area is 192 Å². The molecule has 0 spiro atoms. The van der Waals surface area contributed by atoms with Crippen molar-refractivity contribution in [2.24, 2.45) is 28.8 Å². The van der Waals surface area contributed by atoms with Crippen LogP contribution in [-0.4, -0.2) is 28.0 Å². The van der Waals surface area contributed by atoms with Gasteiger partial charge in [-0.15, -0.1) is 0 Å². The average Bonchev–Trinajstić information content (AvgIpc) is 3.46. The molecule has 2 bridgehead atoms. The number of benzene rings is 2. The van der Waals surface area contributed by atoms with Gasteiger partial charge in [-0.2, -0.15) is 10.1 Å². The molecular formula is C23H17ClFN3O5. The Morgan fingerprint density at radius 2 is 1.79 bits per heavy atom. The first kappa shape index (κ1) is 21.3. The van der Waals surface area contributed by atoms with Crippen molar-refractivity contribution in [2.45, 2.75) is 13.0 Å². The maximum absolute atomic E-state index is 13.1. The summed E-state index contributed by atoms with van der Waals surface area (Å²) in [4.78, 5) is 36.4. The van der Waals surface area contributed by atoms with Crippen LogP contribution in [0.2, 0.25) is 5.02 Å².